The fourth-order valence-electron chi connectivity index (χ4n) is 5.12. The van der Waals surface area contributed by atoms with Gasteiger partial charge in [0, 0.05) is 5.92 Å². The molecule has 1 saturated carbocycles. The van der Waals surface area contributed by atoms with E-state index in [1.165, 1.54) is 103 Å². The minimum atomic E-state index is -0.584. The van der Waals surface area contributed by atoms with Crippen LogP contribution in [-0.2, 0) is 4.79 Å². The number of carboxylic acids is 1. The third-order valence-electron chi connectivity index (χ3n) is 7.07. The molecule has 0 unspecified atom stereocenters. The van der Waals surface area contributed by atoms with Gasteiger partial charge in [-0.1, -0.05) is 84.0 Å². The fraction of sp³-hybridized carbons (Fsp3) is 0.962. The maximum atomic E-state index is 11.1. The normalized spacial score (nSPS) is 20.1. The van der Waals surface area contributed by atoms with Crippen molar-refractivity contribution >= 4 is 5.97 Å². The van der Waals surface area contributed by atoms with E-state index in [4.69, 9.17) is 5.11 Å². The number of quaternary nitrogens is 1. The van der Waals surface area contributed by atoms with Crippen molar-refractivity contribution in [3.63, 3.8) is 0 Å². The van der Waals surface area contributed by atoms with Gasteiger partial charge in [-0.05, 0) is 38.5 Å². The lowest BCUT2D eigenvalue weighted by molar-refractivity contribution is -0.894. The summed E-state index contributed by atoms with van der Waals surface area (Å²) in [7, 11) is 4.73. The Bertz CT molecular complexity index is 400. The molecule has 0 aromatic heterocycles. The quantitative estimate of drug-likeness (QED) is 0.188. The van der Waals surface area contributed by atoms with E-state index in [9.17, 15) is 4.79 Å². The number of carboxylic acid groups (broad SMARTS) is 1. The monoisotopic (exact) mass is 410 g/mol. The molecule has 0 aromatic rings. The van der Waals surface area contributed by atoms with Gasteiger partial charge in [-0.2, -0.15) is 0 Å². The van der Waals surface area contributed by atoms with Crippen molar-refractivity contribution < 1.29 is 14.4 Å². The van der Waals surface area contributed by atoms with Gasteiger partial charge in [0.25, 0.3) is 0 Å². The van der Waals surface area contributed by atoms with Gasteiger partial charge in [-0.15, -0.1) is 0 Å². The first-order chi connectivity index (χ1) is 13.9. The molecule has 0 atom stereocenters. The zero-order valence-corrected chi connectivity index (χ0v) is 20.1. The summed E-state index contributed by atoms with van der Waals surface area (Å²) in [6, 6.07) is 0. The standard InChI is InChI=1S/C26H51NO2/c1-4-5-6-7-8-9-10-11-12-13-14-15-16-17-22-27(2,3)23-24-18-20-25(21-19-24)26(28)29/h24-25H,4-23H2,1-3H3/p+1. The van der Waals surface area contributed by atoms with Gasteiger partial charge in [-0.25, -0.2) is 0 Å². The van der Waals surface area contributed by atoms with Crippen LogP contribution in [0.3, 0.4) is 0 Å². The molecular weight excluding hydrogens is 358 g/mol. The highest BCUT2D eigenvalue weighted by molar-refractivity contribution is 5.69. The molecule has 1 rings (SSSR count). The lowest BCUT2D eigenvalue weighted by Gasteiger charge is -2.36. The van der Waals surface area contributed by atoms with Crippen LogP contribution in [0.1, 0.15) is 122 Å². The third-order valence-corrected chi connectivity index (χ3v) is 7.07. The van der Waals surface area contributed by atoms with Crippen LogP contribution in [0, 0.1) is 11.8 Å². The van der Waals surface area contributed by atoms with Gasteiger partial charge in [0.1, 0.15) is 0 Å². The maximum absolute atomic E-state index is 11.1. The molecule has 1 fully saturated rings. The fourth-order valence-corrected chi connectivity index (χ4v) is 5.12. The van der Waals surface area contributed by atoms with E-state index in [2.05, 4.69) is 21.0 Å². The van der Waals surface area contributed by atoms with Crippen LogP contribution in [0.15, 0.2) is 0 Å². The second kappa shape index (κ2) is 16.2. The minimum absolute atomic E-state index is 0.0762. The van der Waals surface area contributed by atoms with E-state index >= 15 is 0 Å². The van der Waals surface area contributed by atoms with Gasteiger partial charge in [0.2, 0.25) is 0 Å². The van der Waals surface area contributed by atoms with E-state index in [1.807, 2.05) is 0 Å². The van der Waals surface area contributed by atoms with Crippen molar-refractivity contribution in [2.75, 3.05) is 27.2 Å². The van der Waals surface area contributed by atoms with Crippen molar-refractivity contribution in [1.82, 2.24) is 0 Å². The number of hydrogen-bond acceptors (Lipinski definition) is 1. The summed E-state index contributed by atoms with van der Waals surface area (Å²) in [5, 5.41) is 9.15. The predicted octanol–water partition coefficient (Wildman–Crippen LogP) is 7.44. The highest BCUT2D eigenvalue weighted by Gasteiger charge is 2.29. The molecule has 172 valence electrons. The summed E-state index contributed by atoms with van der Waals surface area (Å²) in [5.41, 5.74) is 0. The first-order valence-corrected chi connectivity index (χ1v) is 13.0. The number of aliphatic carboxylic acids is 1. The maximum Gasteiger partial charge on any atom is 0.306 e. The molecule has 0 aromatic carbocycles. The second-order valence-corrected chi connectivity index (χ2v) is 10.5. The van der Waals surface area contributed by atoms with E-state index in [0.717, 1.165) is 36.1 Å². The van der Waals surface area contributed by atoms with Crippen LogP contribution in [0.5, 0.6) is 0 Å². The summed E-state index contributed by atoms with van der Waals surface area (Å²) in [6.45, 7) is 4.79. The Morgan fingerprint density at radius 2 is 1.14 bits per heavy atom. The molecule has 1 N–H and O–H groups in total. The molecule has 0 amide bonds. The summed E-state index contributed by atoms with van der Waals surface area (Å²) in [4.78, 5) is 11.1. The molecule has 3 heteroatoms. The van der Waals surface area contributed by atoms with Crippen molar-refractivity contribution in [2.45, 2.75) is 122 Å². The number of hydrogen-bond donors (Lipinski definition) is 1. The van der Waals surface area contributed by atoms with Crippen LogP contribution < -0.4 is 0 Å². The van der Waals surface area contributed by atoms with E-state index in [1.54, 1.807) is 0 Å². The molecule has 1 aliphatic carbocycles. The SMILES string of the molecule is CCCCCCCCCCCCCCCC[N+](C)(C)CC1CCC(C(=O)O)CC1. The molecule has 0 aliphatic heterocycles. The van der Waals surface area contributed by atoms with Crippen molar-refractivity contribution in [3.8, 4) is 0 Å². The number of unbranched alkanes of at least 4 members (excludes halogenated alkanes) is 13. The van der Waals surface area contributed by atoms with Crippen LogP contribution in [-0.4, -0.2) is 42.7 Å². The van der Waals surface area contributed by atoms with E-state index < -0.39 is 5.97 Å². The van der Waals surface area contributed by atoms with E-state index in [-0.39, 0.29) is 5.92 Å². The Morgan fingerprint density at radius 3 is 1.55 bits per heavy atom. The molecule has 29 heavy (non-hydrogen) atoms. The number of rotatable bonds is 18. The topological polar surface area (TPSA) is 37.3 Å². The molecule has 0 radical (unpaired) electrons. The highest BCUT2D eigenvalue weighted by Crippen LogP contribution is 2.30. The van der Waals surface area contributed by atoms with Gasteiger partial charge in [0.15, 0.2) is 0 Å². The first-order valence-electron chi connectivity index (χ1n) is 13.0. The van der Waals surface area contributed by atoms with Crippen LogP contribution in [0.2, 0.25) is 0 Å². The summed E-state index contributed by atoms with van der Waals surface area (Å²) in [5.74, 6) is 0.0690. The van der Waals surface area contributed by atoms with Crippen LogP contribution >= 0.6 is 0 Å². The van der Waals surface area contributed by atoms with Crippen LogP contribution in [0.4, 0.5) is 0 Å². The number of carbonyl (C=O) groups is 1. The van der Waals surface area contributed by atoms with Crippen LogP contribution in [0.25, 0.3) is 0 Å². The molecule has 0 spiro atoms. The summed E-state index contributed by atoms with van der Waals surface area (Å²) >= 11 is 0. The van der Waals surface area contributed by atoms with Crippen molar-refractivity contribution in [1.29, 1.82) is 0 Å². The molecule has 1 aliphatic rings. The second-order valence-electron chi connectivity index (χ2n) is 10.5. The Kier molecular flexibility index (Phi) is 14.8. The lowest BCUT2D eigenvalue weighted by Crippen LogP contribution is -2.45. The van der Waals surface area contributed by atoms with Crippen molar-refractivity contribution in [2.24, 2.45) is 11.8 Å². The Balaban J connectivity index is 1.90. The Hall–Kier alpha value is -0.570. The molecule has 0 bridgehead atoms. The van der Waals surface area contributed by atoms with Gasteiger partial charge in [0.05, 0.1) is 33.1 Å². The number of nitrogens with zero attached hydrogens (tertiary/aromatic N) is 1. The largest absolute Gasteiger partial charge is 0.481 e. The molecular formula is C26H52NO2+. The van der Waals surface area contributed by atoms with Crippen molar-refractivity contribution in [3.05, 3.63) is 0 Å². The Morgan fingerprint density at radius 1 is 0.724 bits per heavy atom. The summed E-state index contributed by atoms with van der Waals surface area (Å²) < 4.78 is 1.11. The zero-order chi connectivity index (χ0) is 21.4. The Labute approximate surface area is 182 Å². The molecule has 0 saturated heterocycles. The molecule has 3 nitrogen and oxygen atoms in total. The predicted molar refractivity (Wildman–Crippen MR) is 125 cm³/mol. The summed E-state index contributed by atoms with van der Waals surface area (Å²) in [6.07, 6.45) is 23.9. The first kappa shape index (κ1) is 26.5. The smallest absolute Gasteiger partial charge is 0.306 e. The lowest BCUT2D eigenvalue weighted by atomic mass is 9.81. The molecule has 0 heterocycles. The van der Waals surface area contributed by atoms with E-state index in [0.29, 0.717) is 0 Å². The highest BCUT2D eigenvalue weighted by atomic mass is 16.4. The van der Waals surface area contributed by atoms with Gasteiger partial charge >= 0.3 is 5.97 Å². The third kappa shape index (κ3) is 14.1. The van der Waals surface area contributed by atoms with Gasteiger partial charge < -0.3 is 9.59 Å². The average Bonchev–Trinajstić information content (AvgIpc) is 2.68. The average molecular weight is 411 g/mol. The zero-order valence-electron chi connectivity index (χ0n) is 20.1. The van der Waals surface area contributed by atoms with Gasteiger partial charge in [-0.3, -0.25) is 4.79 Å². The minimum Gasteiger partial charge on any atom is -0.481 e.